The summed E-state index contributed by atoms with van der Waals surface area (Å²) in [4.78, 5) is 13.8. The molecule has 3 rings (SSSR count). The second-order valence-corrected chi connectivity index (χ2v) is 5.97. The van der Waals surface area contributed by atoms with Gasteiger partial charge >= 0.3 is 6.09 Å². The first-order chi connectivity index (χ1) is 12.3. The molecule has 128 valence electrons. The molecular formula is C21H21NO3. The summed E-state index contributed by atoms with van der Waals surface area (Å²) >= 11 is 0. The molecular weight excluding hydrogens is 314 g/mol. The maximum absolute atomic E-state index is 12.3. The number of fused-ring (bicyclic) bond motifs is 3. The third kappa shape index (κ3) is 3.52. The average Bonchev–Trinajstić information content (AvgIpc) is 2.97. The van der Waals surface area contributed by atoms with Crippen molar-refractivity contribution in [3.05, 3.63) is 59.7 Å². The molecule has 2 aromatic carbocycles. The van der Waals surface area contributed by atoms with Crippen molar-refractivity contribution in [1.82, 2.24) is 4.90 Å². The highest BCUT2D eigenvalue weighted by Gasteiger charge is 2.29. The number of hydrogen-bond acceptors (Lipinski definition) is 3. The van der Waals surface area contributed by atoms with Crippen LogP contribution in [-0.4, -0.2) is 42.4 Å². The van der Waals surface area contributed by atoms with Gasteiger partial charge in [-0.1, -0.05) is 48.5 Å². The summed E-state index contributed by atoms with van der Waals surface area (Å²) in [6.45, 7) is 0.756. The van der Waals surface area contributed by atoms with Crippen LogP contribution in [0.1, 0.15) is 23.5 Å². The van der Waals surface area contributed by atoms with E-state index in [2.05, 4.69) is 30.2 Å². The van der Waals surface area contributed by atoms with E-state index in [1.54, 1.807) is 0 Å². The maximum Gasteiger partial charge on any atom is 0.409 e. The van der Waals surface area contributed by atoms with Crippen molar-refractivity contribution in [3.8, 4) is 23.5 Å². The zero-order valence-electron chi connectivity index (χ0n) is 14.0. The molecule has 4 heteroatoms. The van der Waals surface area contributed by atoms with Crippen molar-refractivity contribution < 1.29 is 14.6 Å². The molecule has 0 unspecified atom stereocenters. The molecule has 4 nitrogen and oxygen atoms in total. The monoisotopic (exact) mass is 335 g/mol. The van der Waals surface area contributed by atoms with Crippen LogP contribution in [0, 0.1) is 12.3 Å². The Labute approximate surface area is 148 Å². The largest absolute Gasteiger partial charge is 0.448 e. The van der Waals surface area contributed by atoms with Crippen molar-refractivity contribution in [2.75, 3.05) is 26.3 Å². The number of benzene rings is 2. The number of rotatable bonds is 6. The second kappa shape index (κ2) is 7.87. The molecule has 0 radical (unpaired) electrons. The second-order valence-electron chi connectivity index (χ2n) is 5.97. The first kappa shape index (κ1) is 17.1. The van der Waals surface area contributed by atoms with Crippen LogP contribution in [0.15, 0.2) is 48.5 Å². The third-order valence-corrected chi connectivity index (χ3v) is 4.49. The number of carbonyl (C=O) groups is 1. The topological polar surface area (TPSA) is 49.8 Å². The lowest BCUT2D eigenvalue weighted by molar-refractivity contribution is 0.0927. The molecule has 0 fully saturated rings. The average molecular weight is 335 g/mol. The number of ether oxygens (including phenoxy) is 1. The van der Waals surface area contributed by atoms with E-state index < -0.39 is 6.09 Å². The summed E-state index contributed by atoms with van der Waals surface area (Å²) in [5.74, 6) is 2.53. The van der Waals surface area contributed by atoms with Crippen molar-refractivity contribution in [3.63, 3.8) is 0 Å². The van der Waals surface area contributed by atoms with Gasteiger partial charge in [-0.2, -0.15) is 0 Å². The van der Waals surface area contributed by atoms with E-state index in [0.717, 1.165) is 0 Å². The Morgan fingerprint density at radius 1 is 1.08 bits per heavy atom. The highest BCUT2D eigenvalue weighted by atomic mass is 16.6. The van der Waals surface area contributed by atoms with Crippen LogP contribution in [0.5, 0.6) is 0 Å². The number of amides is 1. The van der Waals surface area contributed by atoms with Gasteiger partial charge in [-0.25, -0.2) is 4.79 Å². The quantitative estimate of drug-likeness (QED) is 0.825. The summed E-state index contributed by atoms with van der Waals surface area (Å²) in [5, 5.41) is 9.12. The Morgan fingerprint density at radius 2 is 1.68 bits per heavy atom. The van der Waals surface area contributed by atoms with Crippen LogP contribution < -0.4 is 0 Å². The fraction of sp³-hybridized carbons (Fsp3) is 0.286. The van der Waals surface area contributed by atoms with Gasteiger partial charge in [-0.15, -0.1) is 12.3 Å². The maximum atomic E-state index is 12.3. The SMILES string of the molecule is C#CCCN(CCO)C(=O)OCC1c2ccccc2-c2ccccc21. The molecule has 0 saturated heterocycles. The zero-order valence-corrected chi connectivity index (χ0v) is 14.0. The fourth-order valence-corrected chi connectivity index (χ4v) is 3.30. The molecule has 0 heterocycles. The molecule has 0 spiro atoms. The zero-order chi connectivity index (χ0) is 17.6. The normalized spacial score (nSPS) is 12.2. The van der Waals surface area contributed by atoms with E-state index >= 15 is 0 Å². The summed E-state index contributed by atoms with van der Waals surface area (Å²) in [6.07, 6.45) is 5.26. The van der Waals surface area contributed by atoms with E-state index in [1.165, 1.54) is 27.2 Å². The minimum Gasteiger partial charge on any atom is -0.448 e. The van der Waals surface area contributed by atoms with Crippen LogP contribution in [0.2, 0.25) is 0 Å². The van der Waals surface area contributed by atoms with Crippen molar-refractivity contribution >= 4 is 6.09 Å². The van der Waals surface area contributed by atoms with Crippen LogP contribution in [0.25, 0.3) is 11.1 Å². The molecule has 0 saturated carbocycles. The molecule has 1 N–H and O–H groups in total. The minimum atomic E-state index is -0.439. The molecule has 0 aliphatic heterocycles. The number of hydrogen-bond donors (Lipinski definition) is 1. The number of aliphatic hydroxyl groups excluding tert-OH is 1. The Morgan fingerprint density at radius 3 is 2.24 bits per heavy atom. The number of carbonyl (C=O) groups excluding carboxylic acids is 1. The highest BCUT2D eigenvalue weighted by molar-refractivity contribution is 5.79. The molecule has 1 amide bonds. The smallest absolute Gasteiger partial charge is 0.409 e. The molecule has 1 aliphatic rings. The predicted octanol–water partition coefficient (Wildman–Crippen LogP) is 3.25. The van der Waals surface area contributed by atoms with Gasteiger partial charge in [0.05, 0.1) is 6.61 Å². The van der Waals surface area contributed by atoms with E-state index in [-0.39, 0.29) is 25.7 Å². The first-order valence-corrected chi connectivity index (χ1v) is 8.40. The number of nitrogens with zero attached hydrogens (tertiary/aromatic N) is 1. The van der Waals surface area contributed by atoms with E-state index in [0.29, 0.717) is 13.0 Å². The van der Waals surface area contributed by atoms with Crippen molar-refractivity contribution in [1.29, 1.82) is 0 Å². The van der Waals surface area contributed by atoms with Crippen molar-refractivity contribution in [2.24, 2.45) is 0 Å². The fourth-order valence-electron chi connectivity index (χ4n) is 3.30. The highest BCUT2D eigenvalue weighted by Crippen LogP contribution is 2.44. The molecule has 2 aromatic rings. The summed E-state index contributed by atoms with van der Waals surface area (Å²) < 4.78 is 5.56. The van der Waals surface area contributed by atoms with Gasteiger partial charge in [0.2, 0.25) is 0 Å². The van der Waals surface area contributed by atoms with E-state index in [1.807, 2.05) is 24.3 Å². The lowest BCUT2D eigenvalue weighted by atomic mass is 9.98. The van der Waals surface area contributed by atoms with Crippen molar-refractivity contribution in [2.45, 2.75) is 12.3 Å². The standard InChI is InChI=1S/C21H21NO3/c1-2-3-12-22(13-14-23)21(24)25-15-20-18-10-6-4-8-16(18)17-9-5-7-11-19(17)20/h1,4-11,20,23H,3,12-15H2. The lowest BCUT2D eigenvalue weighted by Crippen LogP contribution is -2.35. The Balaban J connectivity index is 1.75. The lowest BCUT2D eigenvalue weighted by Gasteiger charge is -2.22. The van der Waals surface area contributed by atoms with Gasteiger partial charge < -0.3 is 14.7 Å². The van der Waals surface area contributed by atoms with Gasteiger partial charge in [0.15, 0.2) is 0 Å². The van der Waals surface area contributed by atoms with E-state index in [9.17, 15) is 4.79 Å². The van der Waals surface area contributed by atoms with Gasteiger partial charge in [-0.3, -0.25) is 0 Å². The van der Waals surface area contributed by atoms with Gasteiger partial charge in [-0.05, 0) is 22.3 Å². The van der Waals surface area contributed by atoms with Gasteiger partial charge in [0.1, 0.15) is 6.61 Å². The molecule has 0 atom stereocenters. The molecule has 0 bridgehead atoms. The summed E-state index contributed by atoms with van der Waals surface area (Å²) in [6, 6.07) is 16.4. The van der Waals surface area contributed by atoms with Crippen LogP contribution in [-0.2, 0) is 4.74 Å². The van der Waals surface area contributed by atoms with Gasteiger partial charge in [0, 0.05) is 25.4 Å². The third-order valence-electron chi connectivity index (χ3n) is 4.49. The van der Waals surface area contributed by atoms with Crippen LogP contribution in [0.3, 0.4) is 0 Å². The first-order valence-electron chi connectivity index (χ1n) is 8.40. The van der Waals surface area contributed by atoms with Crippen LogP contribution >= 0.6 is 0 Å². The Kier molecular flexibility index (Phi) is 5.37. The molecule has 1 aliphatic carbocycles. The predicted molar refractivity (Wildman–Crippen MR) is 97.2 cm³/mol. The number of terminal acetylenes is 1. The van der Waals surface area contributed by atoms with Crippen LogP contribution in [0.4, 0.5) is 4.79 Å². The minimum absolute atomic E-state index is 0.0277. The Hall–Kier alpha value is -2.77. The summed E-state index contributed by atoms with van der Waals surface area (Å²) in [7, 11) is 0. The summed E-state index contributed by atoms with van der Waals surface area (Å²) in [5.41, 5.74) is 4.74. The number of aliphatic hydroxyl groups is 1. The van der Waals surface area contributed by atoms with Gasteiger partial charge in [0.25, 0.3) is 0 Å². The molecule has 0 aromatic heterocycles. The Bertz CT molecular complexity index is 748. The molecule has 25 heavy (non-hydrogen) atoms. The van der Waals surface area contributed by atoms with E-state index in [4.69, 9.17) is 16.3 Å².